The van der Waals surface area contributed by atoms with Crippen LogP contribution in [-0.4, -0.2) is 18.9 Å². The van der Waals surface area contributed by atoms with Crippen LogP contribution in [0.1, 0.15) is 25.0 Å². The van der Waals surface area contributed by atoms with Crippen LogP contribution in [0, 0.1) is 0 Å². The molecule has 5 heteroatoms. The molecule has 3 N–H and O–H groups in total. The van der Waals surface area contributed by atoms with Gasteiger partial charge in [-0.2, -0.15) is 0 Å². The van der Waals surface area contributed by atoms with E-state index in [0.29, 0.717) is 6.42 Å². The first-order valence-corrected chi connectivity index (χ1v) is 5.85. The fourth-order valence-electron chi connectivity index (χ4n) is 2.02. The van der Waals surface area contributed by atoms with Crippen molar-refractivity contribution in [1.29, 1.82) is 0 Å². The summed E-state index contributed by atoms with van der Waals surface area (Å²) in [5, 5.41) is 2.78. The minimum atomic E-state index is -0.649. The van der Waals surface area contributed by atoms with Gasteiger partial charge >= 0.3 is 0 Å². The van der Waals surface area contributed by atoms with Crippen molar-refractivity contribution in [3.63, 3.8) is 0 Å². The third kappa shape index (κ3) is 2.09. The van der Waals surface area contributed by atoms with Gasteiger partial charge in [-0.05, 0) is 31.0 Å². The summed E-state index contributed by atoms with van der Waals surface area (Å²) in [6.07, 6.45) is 0.382. The molecule has 0 atom stereocenters. The summed E-state index contributed by atoms with van der Waals surface area (Å²) in [6, 6.07) is 5.64. The van der Waals surface area contributed by atoms with Gasteiger partial charge in [-0.1, -0.05) is 12.1 Å². The predicted octanol–water partition coefficient (Wildman–Crippen LogP) is 0.709. The number of hydrogen-bond acceptors (Lipinski definition) is 3. The molecule has 18 heavy (non-hydrogen) atoms. The molecule has 5 nitrogen and oxygen atoms in total. The summed E-state index contributed by atoms with van der Waals surface area (Å²) in [7, 11) is 1.65. The van der Waals surface area contributed by atoms with E-state index in [1.165, 1.54) is 0 Å². The molecule has 1 aromatic carbocycles. The molecule has 96 valence electrons. The molecular weight excluding hydrogens is 230 g/mol. The lowest BCUT2D eigenvalue weighted by Crippen LogP contribution is -2.45. The third-order valence-electron chi connectivity index (χ3n) is 3.26. The number of carbonyl (C=O) groups is 2. The summed E-state index contributed by atoms with van der Waals surface area (Å²) in [5.41, 5.74) is 7.26. The zero-order chi connectivity index (χ0) is 13.3. The van der Waals surface area contributed by atoms with Crippen LogP contribution in [0.15, 0.2) is 18.2 Å². The first-order valence-electron chi connectivity index (χ1n) is 5.85. The number of nitrogens with one attached hydrogen (secondary N) is 3. The highest BCUT2D eigenvalue weighted by atomic mass is 16.2. The van der Waals surface area contributed by atoms with Gasteiger partial charge in [-0.25, -0.2) is 5.43 Å². The topological polar surface area (TPSA) is 70.2 Å². The fourth-order valence-corrected chi connectivity index (χ4v) is 2.02. The van der Waals surface area contributed by atoms with Gasteiger partial charge in [0.2, 0.25) is 11.8 Å². The van der Waals surface area contributed by atoms with Crippen molar-refractivity contribution in [2.24, 2.45) is 0 Å². The first-order chi connectivity index (χ1) is 8.45. The van der Waals surface area contributed by atoms with Gasteiger partial charge in [0.05, 0.1) is 11.8 Å². The standard InChI is InChI=1S/C13H17N3O2/c1-13(2,12(18)16-14-3)9-4-5-10-8(6-9)7-11(17)15-10/h4-6,14H,7H2,1-3H3,(H,15,17)(H,16,18). The Morgan fingerprint density at radius 3 is 2.78 bits per heavy atom. The lowest BCUT2D eigenvalue weighted by Gasteiger charge is -2.24. The molecule has 0 aromatic heterocycles. The number of anilines is 1. The van der Waals surface area contributed by atoms with Crippen LogP contribution >= 0.6 is 0 Å². The minimum absolute atomic E-state index is 0.000340. The van der Waals surface area contributed by atoms with Crippen molar-refractivity contribution in [2.45, 2.75) is 25.7 Å². The molecule has 0 unspecified atom stereocenters. The predicted molar refractivity (Wildman–Crippen MR) is 69.0 cm³/mol. The lowest BCUT2D eigenvalue weighted by atomic mass is 9.83. The smallest absolute Gasteiger partial charge is 0.244 e. The minimum Gasteiger partial charge on any atom is -0.326 e. The molecule has 0 spiro atoms. The Morgan fingerprint density at radius 1 is 1.39 bits per heavy atom. The van der Waals surface area contributed by atoms with Gasteiger partial charge in [0, 0.05) is 12.7 Å². The summed E-state index contributed by atoms with van der Waals surface area (Å²) in [4.78, 5) is 23.3. The summed E-state index contributed by atoms with van der Waals surface area (Å²) in [5.74, 6) is -0.109. The molecule has 0 saturated heterocycles. The molecule has 0 radical (unpaired) electrons. The quantitative estimate of drug-likeness (QED) is 0.689. The van der Waals surface area contributed by atoms with Crippen molar-refractivity contribution in [3.8, 4) is 0 Å². The van der Waals surface area contributed by atoms with E-state index in [1.807, 2.05) is 32.0 Å². The van der Waals surface area contributed by atoms with Crippen molar-refractivity contribution in [3.05, 3.63) is 29.3 Å². The Balaban J connectivity index is 2.32. The maximum absolute atomic E-state index is 12.0. The summed E-state index contributed by atoms with van der Waals surface area (Å²) in [6.45, 7) is 3.71. The molecule has 0 aliphatic carbocycles. The molecule has 0 fully saturated rings. The van der Waals surface area contributed by atoms with E-state index in [-0.39, 0.29) is 11.8 Å². The molecule has 0 saturated carbocycles. The van der Waals surface area contributed by atoms with Gasteiger partial charge in [-0.15, -0.1) is 0 Å². The van der Waals surface area contributed by atoms with Crippen LogP contribution in [0.25, 0.3) is 0 Å². The first kappa shape index (κ1) is 12.6. The average molecular weight is 247 g/mol. The molecule has 0 bridgehead atoms. The van der Waals surface area contributed by atoms with Gasteiger partial charge in [0.15, 0.2) is 0 Å². The number of rotatable bonds is 3. The molecule has 2 amide bonds. The second-order valence-electron chi connectivity index (χ2n) is 4.93. The number of hydrogen-bond donors (Lipinski definition) is 3. The van der Waals surface area contributed by atoms with Crippen molar-refractivity contribution in [1.82, 2.24) is 10.9 Å². The van der Waals surface area contributed by atoms with Crippen LogP contribution in [0.3, 0.4) is 0 Å². The zero-order valence-electron chi connectivity index (χ0n) is 10.8. The van der Waals surface area contributed by atoms with Gasteiger partial charge in [-0.3, -0.25) is 15.0 Å². The summed E-state index contributed by atoms with van der Waals surface area (Å²) < 4.78 is 0. The van der Waals surface area contributed by atoms with Crippen LogP contribution in [0.5, 0.6) is 0 Å². The Morgan fingerprint density at radius 2 is 2.11 bits per heavy atom. The molecule has 2 rings (SSSR count). The SMILES string of the molecule is CNNC(=O)C(C)(C)c1ccc2c(c1)CC(=O)N2. The number of carbonyl (C=O) groups excluding carboxylic acids is 2. The normalized spacial score (nSPS) is 14.1. The monoisotopic (exact) mass is 247 g/mol. The van der Waals surface area contributed by atoms with Gasteiger partial charge in [0.1, 0.15) is 0 Å². The molecule has 1 aliphatic rings. The highest BCUT2D eigenvalue weighted by Crippen LogP contribution is 2.30. The van der Waals surface area contributed by atoms with Crippen molar-refractivity contribution in [2.75, 3.05) is 12.4 Å². The van der Waals surface area contributed by atoms with Crippen LogP contribution < -0.4 is 16.2 Å². The highest BCUT2D eigenvalue weighted by molar-refractivity contribution is 5.99. The van der Waals surface area contributed by atoms with E-state index in [4.69, 9.17) is 0 Å². The van der Waals surface area contributed by atoms with E-state index in [1.54, 1.807) is 7.05 Å². The van der Waals surface area contributed by atoms with Crippen LogP contribution in [0.4, 0.5) is 5.69 Å². The zero-order valence-corrected chi connectivity index (χ0v) is 10.8. The second-order valence-corrected chi connectivity index (χ2v) is 4.93. The van der Waals surface area contributed by atoms with Crippen LogP contribution in [0.2, 0.25) is 0 Å². The molecule has 1 aliphatic heterocycles. The largest absolute Gasteiger partial charge is 0.326 e. The third-order valence-corrected chi connectivity index (χ3v) is 3.26. The van der Waals surface area contributed by atoms with Gasteiger partial charge in [0.25, 0.3) is 0 Å². The highest BCUT2D eigenvalue weighted by Gasteiger charge is 2.31. The van der Waals surface area contributed by atoms with Crippen LogP contribution in [-0.2, 0) is 21.4 Å². The molecular formula is C13H17N3O2. The molecule has 1 aromatic rings. The number of hydrazine groups is 1. The molecule has 1 heterocycles. The summed E-state index contributed by atoms with van der Waals surface area (Å²) >= 11 is 0. The second kappa shape index (κ2) is 4.42. The van der Waals surface area contributed by atoms with Gasteiger partial charge < -0.3 is 5.32 Å². The van der Waals surface area contributed by atoms with E-state index in [2.05, 4.69) is 16.2 Å². The van der Waals surface area contributed by atoms with E-state index in [0.717, 1.165) is 16.8 Å². The lowest BCUT2D eigenvalue weighted by molar-refractivity contribution is -0.126. The maximum Gasteiger partial charge on any atom is 0.244 e. The van der Waals surface area contributed by atoms with Crippen molar-refractivity contribution >= 4 is 17.5 Å². The van der Waals surface area contributed by atoms with E-state index in [9.17, 15) is 9.59 Å². The maximum atomic E-state index is 12.0. The Hall–Kier alpha value is -1.88. The average Bonchev–Trinajstić information content (AvgIpc) is 2.68. The Bertz CT molecular complexity index is 509. The van der Waals surface area contributed by atoms with E-state index < -0.39 is 5.41 Å². The number of amides is 2. The number of fused-ring (bicyclic) bond motifs is 1. The Labute approximate surface area is 106 Å². The Kier molecular flexibility index (Phi) is 3.09. The fraction of sp³-hybridized carbons (Fsp3) is 0.385. The van der Waals surface area contributed by atoms with E-state index >= 15 is 0 Å². The number of benzene rings is 1. The van der Waals surface area contributed by atoms with Crippen molar-refractivity contribution < 1.29 is 9.59 Å².